The lowest BCUT2D eigenvalue weighted by molar-refractivity contribution is -0.0213. The molecule has 3 rings (SSSR count). The van der Waals surface area contributed by atoms with Crippen molar-refractivity contribution in [3.8, 4) is 0 Å². The van der Waals surface area contributed by atoms with Crippen LogP contribution in [0.25, 0.3) is 0 Å². The Hall–Kier alpha value is -1.46. The lowest BCUT2D eigenvalue weighted by Crippen LogP contribution is -2.62. The number of carbonyl (C=O) groups is 1. The summed E-state index contributed by atoms with van der Waals surface area (Å²) >= 11 is 0. The molecule has 1 amide bonds. The number of hydrogen-bond donors (Lipinski definition) is 0. The van der Waals surface area contributed by atoms with Gasteiger partial charge in [-0.1, -0.05) is 12.1 Å². The molecule has 2 fully saturated rings. The van der Waals surface area contributed by atoms with Crippen LogP contribution < -0.4 is 0 Å². The zero-order valence-corrected chi connectivity index (χ0v) is 12.3. The van der Waals surface area contributed by atoms with E-state index in [4.69, 9.17) is 4.74 Å². The summed E-state index contributed by atoms with van der Waals surface area (Å²) in [5.74, 6) is -0.628. The molecule has 1 aromatic rings. The van der Waals surface area contributed by atoms with E-state index in [2.05, 4.69) is 4.90 Å². The quantitative estimate of drug-likeness (QED) is 0.848. The van der Waals surface area contributed by atoms with Crippen LogP contribution in [-0.4, -0.2) is 61.1 Å². The Bertz CT molecular complexity index is 537. The molecule has 5 heteroatoms. The van der Waals surface area contributed by atoms with Gasteiger partial charge in [0.2, 0.25) is 0 Å². The van der Waals surface area contributed by atoms with E-state index < -0.39 is 5.82 Å². The summed E-state index contributed by atoms with van der Waals surface area (Å²) in [6.07, 6.45) is 2.08. The molecule has 4 nitrogen and oxygen atoms in total. The minimum absolute atomic E-state index is 0.0967. The van der Waals surface area contributed by atoms with Gasteiger partial charge >= 0.3 is 0 Å². The molecule has 21 heavy (non-hydrogen) atoms. The van der Waals surface area contributed by atoms with Crippen LogP contribution in [0.1, 0.15) is 23.2 Å². The first-order valence-electron chi connectivity index (χ1n) is 7.44. The zero-order valence-electron chi connectivity index (χ0n) is 12.3. The number of halogens is 1. The molecular weight excluding hydrogens is 271 g/mol. The molecule has 0 saturated carbocycles. The molecule has 0 bridgehead atoms. The Morgan fingerprint density at radius 3 is 2.76 bits per heavy atom. The third kappa shape index (κ3) is 2.56. The highest BCUT2D eigenvalue weighted by Crippen LogP contribution is 2.39. The van der Waals surface area contributed by atoms with Crippen molar-refractivity contribution in [3.05, 3.63) is 35.6 Å². The lowest BCUT2D eigenvalue weighted by atomic mass is 9.84. The molecule has 2 aliphatic heterocycles. The molecule has 0 N–H and O–H groups in total. The minimum atomic E-state index is -0.437. The SMILES string of the molecule is COCCN1CC[C@@]12CCN(C(=O)c1ccccc1F)C2. The summed E-state index contributed by atoms with van der Waals surface area (Å²) in [7, 11) is 1.70. The van der Waals surface area contributed by atoms with Crippen LogP contribution in [0.3, 0.4) is 0 Å². The normalized spacial score (nSPS) is 25.3. The Kier molecular flexibility index (Phi) is 3.95. The van der Waals surface area contributed by atoms with Gasteiger partial charge in [-0.15, -0.1) is 0 Å². The third-order valence-electron chi connectivity index (χ3n) is 4.81. The fourth-order valence-corrected chi connectivity index (χ4v) is 3.43. The van der Waals surface area contributed by atoms with Crippen molar-refractivity contribution in [2.24, 2.45) is 0 Å². The summed E-state index contributed by atoms with van der Waals surface area (Å²) in [6, 6.07) is 6.21. The Morgan fingerprint density at radius 2 is 2.10 bits per heavy atom. The predicted molar refractivity (Wildman–Crippen MR) is 77.7 cm³/mol. The Morgan fingerprint density at radius 1 is 1.33 bits per heavy atom. The maximum absolute atomic E-state index is 13.8. The largest absolute Gasteiger partial charge is 0.383 e. The van der Waals surface area contributed by atoms with Crippen LogP contribution in [0.15, 0.2) is 24.3 Å². The van der Waals surface area contributed by atoms with Gasteiger partial charge in [0.1, 0.15) is 5.82 Å². The van der Waals surface area contributed by atoms with E-state index in [9.17, 15) is 9.18 Å². The van der Waals surface area contributed by atoms with Gasteiger partial charge in [-0.25, -0.2) is 4.39 Å². The molecule has 2 aliphatic rings. The maximum atomic E-state index is 13.8. The molecule has 1 aromatic carbocycles. The van der Waals surface area contributed by atoms with Gasteiger partial charge in [0.05, 0.1) is 12.2 Å². The summed E-state index contributed by atoms with van der Waals surface area (Å²) in [6.45, 7) is 4.08. The van der Waals surface area contributed by atoms with E-state index in [-0.39, 0.29) is 17.0 Å². The third-order valence-corrected chi connectivity index (χ3v) is 4.81. The fraction of sp³-hybridized carbons (Fsp3) is 0.562. The van der Waals surface area contributed by atoms with Crippen LogP contribution >= 0.6 is 0 Å². The van der Waals surface area contributed by atoms with Crippen LogP contribution in [0.2, 0.25) is 0 Å². The van der Waals surface area contributed by atoms with Crippen molar-refractivity contribution in [2.75, 3.05) is 39.9 Å². The van der Waals surface area contributed by atoms with Crippen molar-refractivity contribution in [1.29, 1.82) is 0 Å². The van der Waals surface area contributed by atoms with Gasteiger partial charge in [-0.3, -0.25) is 9.69 Å². The van der Waals surface area contributed by atoms with E-state index in [0.717, 1.165) is 25.9 Å². The van der Waals surface area contributed by atoms with Crippen LogP contribution in [0, 0.1) is 5.82 Å². The fourth-order valence-electron chi connectivity index (χ4n) is 3.43. The molecule has 1 spiro atoms. The van der Waals surface area contributed by atoms with Crippen LogP contribution in [0.5, 0.6) is 0 Å². The average molecular weight is 292 g/mol. The van der Waals surface area contributed by atoms with Gasteiger partial charge in [0.25, 0.3) is 5.91 Å². The first-order chi connectivity index (χ1) is 10.2. The minimum Gasteiger partial charge on any atom is -0.383 e. The molecule has 0 unspecified atom stereocenters. The summed E-state index contributed by atoms with van der Waals surface area (Å²) in [5.41, 5.74) is 0.275. The first-order valence-corrected chi connectivity index (χ1v) is 7.44. The van der Waals surface area contributed by atoms with Crippen molar-refractivity contribution in [3.63, 3.8) is 0 Å². The van der Waals surface area contributed by atoms with Gasteiger partial charge in [-0.2, -0.15) is 0 Å². The highest BCUT2D eigenvalue weighted by molar-refractivity contribution is 5.94. The van der Waals surface area contributed by atoms with Crippen LogP contribution in [-0.2, 0) is 4.74 Å². The molecule has 0 aromatic heterocycles. The number of nitrogens with zero attached hydrogens (tertiary/aromatic N) is 2. The number of amides is 1. The monoisotopic (exact) mass is 292 g/mol. The van der Waals surface area contributed by atoms with E-state index in [1.165, 1.54) is 6.07 Å². The van der Waals surface area contributed by atoms with Crippen LogP contribution in [0.4, 0.5) is 4.39 Å². The van der Waals surface area contributed by atoms with Gasteiger partial charge < -0.3 is 9.64 Å². The molecule has 2 saturated heterocycles. The topological polar surface area (TPSA) is 32.8 Å². The number of rotatable bonds is 4. The molecular formula is C16H21FN2O2. The standard InChI is InChI=1S/C16H21FN2O2/c1-21-11-10-19-9-7-16(19)6-8-18(12-16)15(20)13-4-2-3-5-14(13)17/h2-5H,6-12H2,1H3/t16-/m1/s1. The maximum Gasteiger partial charge on any atom is 0.256 e. The lowest BCUT2D eigenvalue weighted by Gasteiger charge is -2.50. The van der Waals surface area contributed by atoms with E-state index in [1.807, 2.05) is 0 Å². The van der Waals surface area contributed by atoms with Gasteiger partial charge in [0, 0.05) is 38.8 Å². The smallest absolute Gasteiger partial charge is 0.256 e. The van der Waals surface area contributed by atoms with Gasteiger partial charge in [0.15, 0.2) is 0 Å². The second kappa shape index (κ2) is 5.73. The Balaban J connectivity index is 1.67. The molecule has 0 aliphatic carbocycles. The van der Waals surface area contributed by atoms with Crippen molar-refractivity contribution >= 4 is 5.91 Å². The van der Waals surface area contributed by atoms with Crippen molar-refractivity contribution in [2.45, 2.75) is 18.4 Å². The van der Waals surface area contributed by atoms with Crippen molar-refractivity contribution < 1.29 is 13.9 Å². The number of carbonyl (C=O) groups excluding carboxylic acids is 1. The number of methoxy groups -OCH3 is 1. The summed E-state index contributed by atoms with van der Waals surface area (Å²) in [4.78, 5) is 16.6. The number of ether oxygens (including phenoxy) is 1. The van der Waals surface area contributed by atoms with E-state index in [0.29, 0.717) is 19.7 Å². The number of benzene rings is 1. The number of hydrogen-bond acceptors (Lipinski definition) is 3. The first kappa shape index (κ1) is 14.5. The Labute approximate surface area is 124 Å². The number of likely N-dealkylation sites (tertiary alicyclic amines) is 2. The molecule has 114 valence electrons. The molecule has 0 radical (unpaired) electrons. The second-order valence-corrected chi connectivity index (χ2v) is 5.91. The summed E-state index contributed by atoms with van der Waals surface area (Å²) < 4.78 is 18.9. The highest BCUT2D eigenvalue weighted by atomic mass is 19.1. The summed E-state index contributed by atoms with van der Waals surface area (Å²) in [5, 5.41) is 0. The van der Waals surface area contributed by atoms with Gasteiger partial charge in [-0.05, 0) is 25.0 Å². The van der Waals surface area contributed by atoms with E-state index in [1.54, 1.807) is 30.2 Å². The molecule has 2 heterocycles. The molecule has 1 atom stereocenters. The average Bonchev–Trinajstić information content (AvgIpc) is 2.94. The second-order valence-electron chi connectivity index (χ2n) is 5.91. The highest BCUT2D eigenvalue weighted by Gasteiger charge is 2.49. The van der Waals surface area contributed by atoms with E-state index >= 15 is 0 Å². The zero-order chi connectivity index (χ0) is 14.9. The van der Waals surface area contributed by atoms with Crippen molar-refractivity contribution in [1.82, 2.24) is 9.80 Å². The predicted octanol–water partition coefficient (Wildman–Crippen LogP) is 1.76.